The fourth-order valence-corrected chi connectivity index (χ4v) is 2.41. The molecule has 1 heterocycles. The van der Waals surface area contributed by atoms with E-state index in [-0.39, 0.29) is 11.6 Å². The standard InChI is InChI=1S/C16H18Cl2N4O2/c1-10-8-14(22-16(20-10)19-6-3-7-24-2)15(23)21-13-5-4-11(17)9-12(13)18/h4-5,8-9H,3,6-7H2,1-2H3,(H,21,23)(H,19,20,22). The third-order valence-electron chi connectivity index (χ3n) is 3.07. The molecular formula is C16H18Cl2N4O2. The van der Waals surface area contributed by atoms with Gasteiger partial charge in [-0.1, -0.05) is 23.2 Å². The molecule has 0 aliphatic carbocycles. The van der Waals surface area contributed by atoms with Crippen molar-refractivity contribution in [2.75, 3.05) is 30.9 Å². The van der Waals surface area contributed by atoms with Crippen LogP contribution in [0.15, 0.2) is 24.3 Å². The van der Waals surface area contributed by atoms with Crippen LogP contribution in [-0.4, -0.2) is 36.1 Å². The first-order valence-electron chi connectivity index (χ1n) is 7.34. The lowest BCUT2D eigenvalue weighted by molar-refractivity contribution is 0.102. The molecule has 8 heteroatoms. The van der Waals surface area contributed by atoms with Crippen molar-refractivity contribution in [3.05, 3.63) is 45.7 Å². The molecule has 0 unspecified atom stereocenters. The van der Waals surface area contributed by atoms with Crippen LogP contribution in [0.5, 0.6) is 0 Å². The van der Waals surface area contributed by atoms with E-state index in [4.69, 9.17) is 27.9 Å². The van der Waals surface area contributed by atoms with Crippen LogP contribution in [0.2, 0.25) is 10.0 Å². The molecular weight excluding hydrogens is 351 g/mol. The molecule has 24 heavy (non-hydrogen) atoms. The van der Waals surface area contributed by atoms with Gasteiger partial charge >= 0.3 is 0 Å². The highest BCUT2D eigenvalue weighted by atomic mass is 35.5. The minimum absolute atomic E-state index is 0.253. The maximum atomic E-state index is 12.4. The lowest BCUT2D eigenvalue weighted by Crippen LogP contribution is -2.17. The van der Waals surface area contributed by atoms with Crippen LogP contribution in [0.25, 0.3) is 0 Å². The molecule has 1 aromatic carbocycles. The Morgan fingerprint density at radius 2 is 2.04 bits per heavy atom. The molecule has 0 saturated carbocycles. The van der Waals surface area contributed by atoms with Gasteiger partial charge in [0.25, 0.3) is 5.91 Å². The van der Waals surface area contributed by atoms with Crippen molar-refractivity contribution in [2.45, 2.75) is 13.3 Å². The van der Waals surface area contributed by atoms with Crippen LogP contribution in [-0.2, 0) is 4.74 Å². The Labute approximate surface area is 150 Å². The Hall–Kier alpha value is -1.89. The summed E-state index contributed by atoms with van der Waals surface area (Å²) in [5, 5.41) is 6.65. The zero-order chi connectivity index (χ0) is 17.5. The quantitative estimate of drug-likeness (QED) is 0.727. The van der Waals surface area contributed by atoms with Gasteiger partial charge in [0, 0.05) is 31.0 Å². The van der Waals surface area contributed by atoms with E-state index in [2.05, 4.69) is 20.6 Å². The normalized spacial score (nSPS) is 10.5. The maximum Gasteiger partial charge on any atom is 0.274 e. The van der Waals surface area contributed by atoms with E-state index in [1.165, 1.54) is 0 Å². The summed E-state index contributed by atoms with van der Waals surface area (Å²) in [4.78, 5) is 20.9. The number of benzene rings is 1. The van der Waals surface area contributed by atoms with Crippen molar-refractivity contribution >= 4 is 40.7 Å². The molecule has 0 atom stereocenters. The number of aryl methyl sites for hydroxylation is 1. The number of anilines is 2. The summed E-state index contributed by atoms with van der Waals surface area (Å²) < 4.78 is 4.98. The van der Waals surface area contributed by atoms with Gasteiger partial charge in [0.15, 0.2) is 0 Å². The van der Waals surface area contributed by atoms with Gasteiger partial charge in [0.1, 0.15) is 5.69 Å². The zero-order valence-corrected chi connectivity index (χ0v) is 14.9. The SMILES string of the molecule is COCCCNc1nc(C)cc(C(=O)Nc2ccc(Cl)cc2Cl)n1. The molecule has 0 fully saturated rings. The molecule has 0 bridgehead atoms. The second-order valence-electron chi connectivity index (χ2n) is 5.07. The number of carbonyl (C=O) groups is 1. The number of amides is 1. The lowest BCUT2D eigenvalue weighted by Gasteiger charge is -2.10. The highest BCUT2D eigenvalue weighted by molar-refractivity contribution is 6.36. The Morgan fingerprint density at radius 1 is 1.25 bits per heavy atom. The molecule has 2 aromatic rings. The number of aromatic nitrogens is 2. The first kappa shape index (κ1) is 18.4. The second kappa shape index (κ2) is 8.82. The number of carbonyl (C=O) groups excluding carboxylic acids is 1. The van der Waals surface area contributed by atoms with Gasteiger partial charge in [0.05, 0.1) is 10.7 Å². The number of ether oxygens (including phenoxy) is 1. The van der Waals surface area contributed by atoms with Crippen LogP contribution in [0.3, 0.4) is 0 Å². The average molecular weight is 369 g/mol. The molecule has 2 N–H and O–H groups in total. The Bertz CT molecular complexity index is 725. The zero-order valence-electron chi connectivity index (χ0n) is 13.4. The first-order chi connectivity index (χ1) is 11.5. The van der Waals surface area contributed by atoms with E-state index in [0.29, 0.717) is 40.5 Å². The highest BCUT2D eigenvalue weighted by Crippen LogP contribution is 2.25. The van der Waals surface area contributed by atoms with Crippen molar-refractivity contribution in [1.82, 2.24) is 9.97 Å². The number of nitrogens with one attached hydrogen (secondary N) is 2. The molecule has 0 radical (unpaired) electrons. The molecule has 1 aromatic heterocycles. The summed E-state index contributed by atoms with van der Waals surface area (Å²) in [5.74, 6) is 0.0307. The predicted molar refractivity (Wildman–Crippen MR) is 96.2 cm³/mol. The minimum Gasteiger partial charge on any atom is -0.385 e. The Morgan fingerprint density at radius 3 is 2.75 bits per heavy atom. The van der Waals surface area contributed by atoms with Gasteiger partial charge in [-0.25, -0.2) is 9.97 Å². The van der Waals surface area contributed by atoms with Gasteiger partial charge in [-0.05, 0) is 37.6 Å². The maximum absolute atomic E-state index is 12.4. The summed E-state index contributed by atoms with van der Waals surface area (Å²) >= 11 is 11.9. The van der Waals surface area contributed by atoms with Crippen molar-refractivity contribution in [3.8, 4) is 0 Å². The van der Waals surface area contributed by atoms with Crippen molar-refractivity contribution in [3.63, 3.8) is 0 Å². The van der Waals surface area contributed by atoms with E-state index in [1.54, 1.807) is 38.3 Å². The molecule has 0 spiro atoms. The molecule has 0 aliphatic rings. The largest absolute Gasteiger partial charge is 0.385 e. The summed E-state index contributed by atoms with van der Waals surface area (Å²) in [7, 11) is 1.65. The average Bonchev–Trinajstić information content (AvgIpc) is 2.53. The minimum atomic E-state index is -0.371. The molecule has 6 nitrogen and oxygen atoms in total. The predicted octanol–water partition coefficient (Wildman–Crippen LogP) is 3.79. The summed E-state index contributed by atoms with van der Waals surface area (Å²) in [6.07, 6.45) is 0.815. The topological polar surface area (TPSA) is 76.1 Å². The van der Waals surface area contributed by atoms with E-state index in [0.717, 1.165) is 6.42 Å². The van der Waals surface area contributed by atoms with Gasteiger partial charge in [0.2, 0.25) is 5.95 Å². The highest BCUT2D eigenvalue weighted by Gasteiger charge is 2.12. The molecule has 1 amide bonds. The number of nitrogens with zero attached hydrogens (tertiary/aromatic N) is 2. The van der Waals surface area contributed by atoms with Gasteiger partial charge in [-0.15, -0.1) is 0 Å². The number of hydrogen-bond donors (Lipinski definition) is 2. The van der Waals surface area contributed by atoms with Crippen molar-refractivity contribution < 1.29 is 9.53 Å². The van der Waals surface area contributed by atoms with E-state index >= 15 is 0 Å². The first-order valence-corrected chi connectivity index (χ1v) is 8.10. The number of halogens is 2. The third-order valence-corrected chi connectivity index (χ3v) is 3.62. The van der Waals surface area contributed by atoms with Gasteiger partial charge < -0.3 is 15.4 Å². The van der Waals surface area contributed by atoms with Gasteiger partial charge in [-0.3, -0.25) is 4.79 Å². The van der Waals surface area contributed by atoms with E-state index < -0.39 is 0 Å². The van der Waals surface area contributed by atoms with Crippen LogP contribution >= 0.6 is 23.2 Å². The van der Waals surface area contributed by atoms with Crippen LogP contribution < -0.4 is 10.6 Å². The monoisotopic (exact) mass is 368 g/mol. The molecule has 0 aliphatic heterocycles. The molecule has 2 rings (SSSR count). The van der Waals surface area contributed by atoms with Crippen LogP contribution in [0.4, 0.5) is 11.6 Å². The van der Waals surface area contributed by atoms with Crippen molar-refractivity contribution in [1.29, 1.82) is 0 Å². The molecule has 0 saturated heterocycles. The fraction of sp³-hybridized carbons (Fsp3) is 0.312. The summed E-state index contributed by atoms with van der Waals surface area (Å²) in [6, 6.07) is 6.46. The number of rotatable bonds is 7. The smallest absolute Gasteiger partial charge is 0.274 e. The van der Waals surface area contributed by atoms with E-state index in [9.17, 15) is 4.79 Å². The summed E-state index contributed by atoms with van der Waals surface area (Å²) in [5.41, 5.74) is 1.41. The fourth-order valence-electron chi connectivity index (χ4n) is 1.96. The van der Waals surface area contributed by atoms with Crippen molar-refractivity contribution in [2.24, 2.45) is 0 Å². The van der Waals surface area contributed by atoms with Gasteiger partial charge in [-0.2, -0.15) is 0 Å². The Balaban J connectivity index is 2.09. The third kappa shape index (κ3) is 5.33. The number of hydrogen-bond acceptors (Lipinski definition) is 5. The van der Waals surface area contributed by atoms with E-state index in [1.807, 2.05) is 0 Å². The number of methoxy groups -OCH3 is 1. The lowest BCUT2D eigenvalue weighted by atomic mass is 10.3. The molecule has 128 valence electrons. The van der Waals surface area contributed by atoms with Crippen LogP contribution in [0, 0.1) is 6.92 Å². The summed E-state index contributed by atoms with van der Waals surface area (Å²) in [6.45, 7) is 3.09. The Kier molecular flexibility index (Phi) is 6.78. The van der Waals surface area contributed by atoms with Crippen LogP contribution in [0.1, 0.15) is 22.6 Å². The second-order valence-corrected chi connectivity index (χ2v) is 5.91.